The van der Waals surface area contributed by atoms with E-state index in [0.29, 0.717) is 24.3 Å². The Kier molecular flexibility index (Phi) is 6.68. The van der Waals surface area contributed by atoms with Crippen molar-refractivity contribution in [1.82, 2.24) is 19.5 Å². The Balaban J connectivity index is 1.67. The monoisotopic (exact) mass is 409 g/mol. The van der Waals surface area contributed by atoms with Crippen LogP contribution in [0.25, 0.3) is 11.2 Å². The standard InChI is InChI=1S/C16H20N5O6P/c17-15-14-16(19-9-18-15)21(10-20-14)6-13(8-25-11-27-28(22,23)24)26-7-12-4-2-1-3-5-12/h1-5,9-10,13H,6-8,11H2,(H2,17,18,19)(H2,22,23,24). The second-order valence-corrected chi connectivity index (χ2v) is 7.09. The fraction of sp³-hybridized carbons (Fsp3) is 0.312. The molecule has 3 aromatic rings. The van der Waals surface area contributed by atoms with Crippen LogP contribution >= 0.6 is 7.82 Å². The second-order valence-electron chi connectivity index (χ2n) is 5.85. The number of nitrogens with two attached hydrogens (primary N) is 1. The summed E-state index contributed by atoms with van der Waals surface area (Å²) in [5, 5.41) is 0. The number of aromatic nitrogens is 4. The molecule has 1 aromatic carbocycles. The molecule has 1 atom stereocenters. The molecule has 11 nitrogen and oxygen atoms in total. The Morgan fingerprint density at radius 2 is 1.96 bits per heavy atom. The minimum Gasteiger partial charge on any atom is -0.382 e. The predicted octanol–water partition coefficient (Wildman–Crippen LogP) is 1.08. The number of ether oxygens (including phenoxy) is 2. The van der Waals surface area contributed by atoms with Crippen LogP contribution in [0.2, 0.25) is 0 Å². The Morgan fingerprint density at radius 3 is 2.71 bits per heavy atom. The van der Waals surface area contributed by atoms with E-state index in [9.17, 15) is 4.57 Å². The summed E-state index contributed by atoms with van der Waals surface area (Å²) in [6, 6.07) is 9.57. The van der Waals surface area contributed by atoms with Crippen molar-refractivity contribution in [3.8, 4) is 0 Å². The minimum atomic E-state index is -4.60. The average Bonchev–Trinajstić information content (AvgIpc) is 3.07. The van der Waals surface area contributed by atoms with Gasteiger partial charge in [-0.25, -0.2) is 19.5 Å². The van der Waals surface area contributed by atoms with Crippen LogP contribution in [0.3, 0.4) is 0 Å². The summed E-state index contributed by atoms with van der Waals surface area (Å²) in [6.07, 6.45) is 2.45. The van der Waals surface area contributed by atoms with Crippen molar-refractivity contribution >= 4 is 24.8 Å². The van der Waals surface area contributed by atoms with Gasteiger partial charge in [-0.1, -0.05) is 30.3 Å². The first kappa shape index (κ1) is 20.3. The number of hydrogen-bond acceptors (Lipinski definition) is 8. The molecule has 0 fully saturated rings. The van der Waals surface area contributed by atoms with Gasteiger partial charge in [0.2, 0.25) is 0 Å². The van der Waals surface area contributed by atoms with Gasteiger partial charge in [-0.2, -0.15) is 0 Å². The van der Waals surface area contributed by atoms with E-state index in [-0.39, 0.29) is 12.4 Å². The van der Waals surface area contributed by atoms with Crippen LogP contribution in [0.1, 0.15) is 5.56 Å². The Morgan fingerprint density at radius 1 is 1.18 bits per heavy atom. The second kappa shape index (κ2) is 9.20. The molecule has 150 valence electrons. The number of anilines is 1. The van der Waals surface area contributed by atoms with Gasteiger partial charge in [0.25, 0.3) is 0 Å². The molecule has 0 spiro atoms. The van der Waals surface area contributed by atoms with Crippen LogP contribution in [-0.4, -0.2) is 48.8 Å². The van der Waals surface area contributed by atoms with Crippen molar-refractivity contribution in [3.05, 3.63) is 48.5 Å². The summed E-state index contributed by atoms with van der Waals surface area (Å²) < 4.78 is 27.9. The van der Waals surface area contributed by atoms with Crippen LogP contribution in [0, 0.1) is 0 Å². The average molecular weight is 409 g/mol. The molecule has 1 unspecified atom stereocenters. The van der Waals surface area contributed by atoms with E-state index < -0.39 is 20.7 Å². The molecule has 0 aliphatic carbocycles. The highest BCUT2D eigenvalue weighted by molar-refractivity contribution is 7.46. The van der Waals surface area contributed by atoms with E-state index in [1.54, 1.807) is 10.9 Å². The first-order valence-electron chi connectivity index (χ1n) is 8.27. The smallest absolute Gasteiger partial charge is 0.382 e. The lowest BCUT2D eigenvalue weighted by atomic mass is 10.2. The summed E-state index contributed by atoms with van der Waals surface area (Å²) in [5.41, 5.74) is 7.80. The largest absolute Gasteiger partial charge is 0.471 e. The fourth-order valence-electron chi connectivity index (χ4n) is 2.48. The van der Waals surface area contributed by atoms with Crippen LogP contribution in [-0.2, 0) is 31.7 Å². The molecule has 12 heteroatoms. The highest BCUT2D eigenvalue weighted by atomic mass is 31.2. The molecule has 4 N–H and O–H groups in total. The normalized spacial score (nSPS) is 13.1. The quantitative estimate of drug-likeness (QED) is 0.252. The zero-order valence-electron chi connectivity index (χ0n) is 14.8. The third-order valence-electron chi connectivity index (χ3n) is 3.77. The molecule has 0 bridgehead atoms. The van der Waals surface area contributed by atoms with Crippen LogP contribution < -0.4 is 5.73 Å². The van der Waals surface area contributed by atoms with Gasteiger partial charge < -0.3 is 29.6 Å². The number of nitrogens with zero attached hydrogens (tertiary/aromatic N) is 4. The van der Waals surface area contributed by atoms with Crippen molar-refractivity contribution in [2.24, 2.45) is 0 Å². The SMILES string of the molecule is Nc1ncnc2c1ncn2CC(COCOP(=O)(O)O)OCc1ccccc1. The maximum Gasteiger partial charge on any atom is 0.471 e. The van der Waals surface area contributed by atoms with Gasteiger partial charge in [0.15, 0.2) is 18.3 Å². The van der Waals surface area contributed by atoms with E-state index in [0.717, 1.165) is 5.56 Å². The van der Waals surface area contributed by atoms with E-state index >= 15 is 0 Å². The lowest BCUT2D eigenvalue weighted by Gasteiger charge is -2.19. The lowest BCUT2D eigenvalue weighted by molar-refractivity contribution is -0.0717. The molecule has 0 amide bonds. The van der Waals surface area contributed by atoms with E-state index in [1.165, 1.54) is 6.33 Å². The number of nitrogen functional groups attached to an aromatic ring is 1. The number of imidazole rings is 1. The Bertz CT molecular complexity index is 947. The highest BCUT2D eigenvalue weighted by Gasteiger charge is 2.17. The van der Waals surface area contributed by atoms with Gasteiger partial charge in [0.05, 0.1) is 32.2 Å². The number of rotatable bonds is 10. The molecular formula is C16H20N5O6P. The third-order valence-corrected chi connectivity index (χ3v) is 4.21. The van der Waals surface area contributed by atoms with Gasteiger partial charge in [0.1, 0.15) is 11.8 Å². The van der Waals surface area contributed by atoms with E-state index in [1.807, 2.05) is 30.3 Å². The molecule has 0 aliphatic heterocycles. The minimum absolute atomic E-state index is 0.0348. The predicted molar refractivity (Wildman–Crippen MR) is 98.7 cm³/mol. The van der Waals surface area contributed by atoms with Crippen LogP contribution in [0.4, 0.5) is 5.82 Å². The molecule has 0 aliphatic rings. The summed E-state index contributed by atoms with van der Waals surface area (Å²) in [7, 11) is -4.60. The van der Waals surface area contributed by atoms with Gasteiger partial charge in [-0.15, -0.1) is 0 Å². The number of hydrogen-bond donors (Lipinski definition) is 3. The molecule has 0 radical (unpaired) electrons. The third kappa shape index (κ3) is 5.80. The van der Waals surface area contributed by atoms with Gasteiger partial charge >= 0.3 is 7.82 Å². The van der Waals surface area contributed by atoms with Crippen molar-refractivity contribution in [1.29, 1.82) is 0 Å². The molecule has 0 saturated carbocycles. The summed E-state index contributed by atoms with van der Waals surface area (Å²) in [5.74, 6) is 0.275. The zero-order valence-corrected chi connectivity index (χ0v) is 15.7. The van der Waals surface area contributed by atoms with Crippen molar-refractivity contribution in [3.63, 3.8) is 0 Å². The fourth-order valence-corrected chi connectivity index (χ4v) is 2.69. The van der Waals surface area contributed by atoms with Gasteiger partial charge in [-0.05, 0) is 5.56 Å². The van der Waals surface area contributed by atoms with Crippen LogP contribution in [0.15, 0.2) is 43.0 Å². The molecule has 2 aromatic heterocycles. The van der Waals surface area contributed by atoms with E-state index in [2.05, 4.69) is 19.5 Å². The molecule has 28 heavy (non-hydrogen) atoms. The molecule has 3 rings (SSSR count). The maximum atomic E-state index is 10.7. The van der Waals surface area contributed by atoms with Crippen molar-refractivity contribution in [2.45, 2.75) is 19.3 Å². The Labute approximate surface area is 160 Å². The summed E-state index contributed by atoms with van der Waals surface area (Å²) >= 11 is 0. The molecular weight excluding hydrogens is 389 g/mol. The van der Waals surface area contributed by atoms with Crippen molar-refractivity contribution < 1.29 is 28.3 Å². The number of benzene rings is 1. The summed E-state index contributed by atoms with van der Waals surface area (Å²) in [6.45, 7) is 0.135. The first-order valence-corrected chi connectivity index (χ1v) is 9.80. The van der Waals surface area contributed by atoms with Gasteiger partial charge in [0, 0.05) is 0 Å². The van der Waals surface area contributed by atoms with Crippen molar-refractivity contribution in [2.75, 3.05) is 19.1 Å². The topological polar surface area (TPSA) is 155 Å². The van der Waals surface area contributed by atoms with Gasteiger partial charge in [-0.3, -0.25) is 4.52 Å². The summed E-state index contributed by atoms with van der Waals surface area (Å²) in [4.78, 5) is 29.8. The zero-order chi connectivity index (χ0) is 20.0. The molecule has 0 saturated heterocycles. The number of phosphoric ester groups is 1. The highest BCUT2D eigenvalue weighted by Crippen LogP contribution is 2.35. The van der Waals surface area contributed by atoms with Crippen LogP contribution in [0.5, 0.6) is 0 Å². The Hall–Kier alpha value is -2.40. The van der Waals surface area contributed by atoms with E-state index in [4.69, 9.17) is 25.0 Å². The lowest BCUT2D eigenvalue weighted by Crippen LogP contribution is -2.26. The first-order chi connectivity index (χ1) is 13.4. The number of fused-ring (bicyclic) bond motifs is 1. The maximum absolute atomic E-state index is 10.7. The number of phosphoric acid groups is 1. The molecule has 2 heterocycles.